The minimum absolute atomic E-state index is 0.0464. The maximum Gasteiger partial charge on any atom is 0.320 e. The molecule has 0 spiro atoms. The van der Waals surface area contributed by atoms with E-state index in [1.807, 2.05) is 0 Å². The molecule has 114 valence electrons. The van der Waals surface area contributed by atoms with E-state index in [1.165, 1.54) is 0 Å². The van der Waals surface area contributed by atoms with E-state index in [0.29, 0.717) is 19.3 Å². The van der Waals surface area contributed by atoms with Crippen LogP contribution in [0.5, 0.6) is 0 Å². The molecular weight excluding hydrogens is 254 g/mol. The quantitative estimate of drug-likeness (QED) is 0.279. The highest BCUT2D eigenvalue weighted by atomic mass is 16.4. The van der Waals surface area contributed by atoms with Crippen molar-refractivity contribution in [2.24, 2.45) is 5.73 Å². The molecule has 0 rings (SSSR count). The highest BCUT2D eigenvalue weighted by molar-refractivity contribution is 5.73. The van der Waals surface area contributed by atoms with Gasteiger partial charge in [-0.3, -0.25) is 4.79 Å². The summed E-state index contributed by atoms with van der Waals surface area (Å²) in [6.07, 6.45) is -0.585. The first-order valence-corrected chi connectivity index (χ1v) is 6.50. The summed E-state index contributed by atoms with van der Waals surface area (Å²) in [4.78, 5) is 10.5. The Morgan fingerprint density at radius 2 is 1.32 bits per heavy atom. The fourth-order valence-electron chi connectivity index (χ4n) is 1.72. The van der Waals surface area contributed by atoms with Gasteiger partial charge in [-0.2, -0.15) is 0 Å². The Hall–Kier alpha value is -0.730. The van der Waals surface area contributed by atoms with Gasteiger partial charge in [0.15, 0.2) is 0 Å². The summed E-state index contributed by atoms with van der Waals surface area (Å²) < 4.78 is 0. The maximum absolute atomic E-state index is 10.5. The monoisotopic (exact) mass is 279 g/mol. The summed E-state index contributed by atoms with van der Waals surface area (Å²) in [5, 5.41) is 45.7. The fraction of sp³-hybridized carbons (Fsp3) is 0.917. The summed E-state index contributed by atoms with van der Waals surface area (Å²) in [6, 6.07) is -1.10. The Morgan fingerprint density at radius 1 is 0.895 bits per heavy atom. The number of hydrogen-bond acceptors (Lipinski definition) is 6. The van der Waals surface area contributed by atoms with E-state index < -0.39 is 30.3 Å². The first-order valence-electron chi connectivity index (χ1n) is 6.50. The number of rotatable bonds is 11. The third kappa shape index (κ3) is 9.80. The summed E-state index contributed by atoms with van der Waals surface area (Å²) in [6.45, 7) is -0.0942. The van der Waals surface area contributed by atoms with Gasteiger partial charge in [0.2, 0.25) is 0 Å². The van der Waals surface area contributed by atoms with E-state index >= 15 is 0 Å². The molecule has 7 heteroatoms. The van der Waals surface area contributed by atoms with Crippen molar-refractivity contribution in [3.63, 3.8) is 0 Å². The standard InChI is InChI=1S/C12H25NO6/c13-11(12(18)19)7-10(17)4-3-8(15)1-2-9(16)5-6-14/h8-11,14-17H,1-7,13H2,(H,18,19)/t8-,9+,10+,11+/m1/s1. The number of carbonyl (C=O) groups is 1. The van der Waals surface area contributed by atoms with Crippen molar-refractivity contribution in [1.29, 1.82) is 0 Å². The molecule has 0 saturated carbocycles. The molecule has 0 saturated heterocycles. The minimum Gasteiger partial charge on any atom is -0.480 e. The van der Waals surface area contributed by atoms with Crippen LogP contribution in [0, 0.1) is 0 Å². The van der Waals surface area contributed by atoms with Crippen LogP contribution in [0.2, 0.25) is 0 Å². The van der Waals surface area contributed by atoms with Crippen LogP contribution in [-0.4, -0.2) is 62.5 Å². The molecule has 7 N–H and O–H groups in total. The van der Waals surface area contributed by atoms with Gasteiger partial charge in [-0.05, 0) is 38.5 Å². The SMILES string of the molecule is N[C@@H](C[C@@H](O)CC[C@H](O)CC[C@H](O)CCO)C(=O)O. The molecular formula is C12H25NO6. The third-order valence-corrected chi connectivity index (χ3v) is 2.97. The molecule has 0 aromatic carbocycles. The van der Waals surface area contributed by atoms with Crippen molar-refractivity contribution in [3.05, 3.63) is 0 Å². The third-order valence-electron chi connectivity index (χ3n) is 2.97. The molecule has 0 aromatic rings. The predicted molar refractivity (Wildman–Crippen MR) is 68.4 cm³/mol. The Balaban J connectivity index is 3.71. The van der Waals surface area contributed by atoms with Crippen LogP contribution in [0.4, 0.5) is 0 Å². The Labute approximate surface area is 112 Å². The van der Waals surface area contributed by atoms with Gasteiger partial charge in [0.05, 0.1) is 18.3 Å². The number of aliphatic hydroxyl groups is 4. The lowest BCUT2D eigenvalue weighted by molar-refractivity contribution is -0.139. The van der Waals surface area contributed by atoms with E-state index in [0.717, 1.165) is 0 Å². The van der Waals surface area contributed by atoms with Crippen LogP contribution < -0.4 is 5.73 Å². The van der Waals surface area contributed by atoms with Crippen molar-refractivity contribution in [1.82, 2.24) is 0 Å². The topological polar surface area (TPSA) is 144 Å². The Morgan fingerprint density at radius 3 is 1.74 bits per heavy atom. The predicted octanol–water partition coefficient (Wildman–Crippen LogP) is -1.19. The maximum atomic E-state index is 10.5. The zero-order valence-electron chi connectivity index (χ0n) is 11.0. The molecule has 0 aromatic heterocycles. The van der Waals surface area contributed by atoms with Gasteiger partial charge in [-0.1, -0.05) is 0 Å². The normalized spacial score (nSPS) is 17.7. The number of aliphatic hydroxyl groups excluding tert-OH is 4. The lowest BCUT2D eigenvalue weighted by atomic mass is 10.00. The number of aliphatic carboxylic acids is 1. The van der Waals surface area contributed by atoms with Gasteiger partial charge in [-0.15, -0.1) is 0 Å². The van der Waals surface area contributed by atoms with Crippen LogP contribution in [0.3, 0.4) is 0 Å². The van der Waals surface area contributed by atoms with Crippen molar-refractivity contribution in [2.75, 3.05) is 6.61 Å². The van der Waals surface area contributed by atoms with Crippen molar-refractivity contribution < 1.29 is 30.3 Å². The summed E-state index contributed by atoms with van der Waals surface area (Å²) in [5.41, 5.74) is 5.28. The lowest BCUT2D eigenvalue weighted by Crippen LogP contribution is -2.34. The van der Waals surface area contributed by atoms with E-state index in [4.69, 9.17) is 15.9 Å². The molecule has 0 aliphatic heterocycles. The highest BCUT2D eigenvalue weighted by Crippen LogP contribution is 2.12. The van der Waals surface area contributed by atoms with Crippen LogP contribution >= 0.6 is 0 Å². The Bertz CT molecular complexity index is 250. The molecule has 0 aliphatic carbocycles. The number of carboxylic acids is 1. The van der Waals surface area contributed by atoms with Gasteiger partial charge in [0.1, 0.15) is 6.04 Å². The van der Waals surface area contributed by atoms with Gasteiger partial charge in [0, 0.05) is 6.61 Å². The van der Waals surface area contributed by atoms with Crippen LogP contribution in [0.25, 0.3) is 0 Å². The fourth-order valence-corrected chi connectivity index (χ4v) is 1.72. The Kier molecular flexibility index (Phi) is 9.72. The minimum atomic E-state index is -1.16. The summed E-state index contributed by atoms with van der Waals surface area (Å²) in [5.74, 6) is -1.16. The lowest BCUT2D eigenvalue weighted by Gasteiger charge is -2.17. The second-order valence-electron chi connectivity index (χ2n) is 4.81. The van der Waals surface area contributed by atoms with Crippen LogP contribution in [0.1, 0.15) is 38.5 Å². The summed E-state index contributed by atoms with van der Waals surface area (Å²) >= 11 is 0. The first kappa shape index (κ1) is 18.3. The second kappa shape index (κ2) is 10.1. The van der Waals surface area contributed by atoms with E-state index in [9.17, 15) is 20.1 Å². The molecule has 0 radical (unpaired) electrons. The molecule has 4 atom stereocenters. The van der Waals surface area contributed by atoms with Crippen LogP contribution in [0.15, 0.2) is 0 Å². The molecule has 0 bridgehead atoms. The summed E-state index contributed by atoms with van der Waals surface area (Å²) in [7, 11) is 0. The second-order valence-corrected chi connectivity index (χ2v) is 4.81. The number of carboxylic acid groups (broad SMARTS) is 1. The van der Waals surface area contributed by atoms with E-state index in [1.54, 1.807) is 0 Å². The highest BCUT2D eigenvalue weighted by Gasteiger charge is 2.18. The zero-order chi connectivity index (χ0) is 14.8. The zero-order valence-corrected chi connectivity index (χ0v) is 11.0. The van der Waals surface area contributed by atoms with Crippen molar-refractivity contribution in [2.45, 2.75) is 62.9 Å². The molecule has 0 fully saturated rings. The molecule has 19 heavy (non-hydrogen) atoms. The number of nitrogens with two attached hydrogens (primary N) is 1. The average Bonchev–Trinajstić information content (AvgIpc) is 2.34. The molecule has 0 aliphatic rings. The molecule has 7 nitrogen and oxygen atoms in total. The number of hydrogen-bond donors (Lipinski definition) is 6. The molecule has 0 heterocycles. The van der Waals surface area contributed by atoms with Crippen molar-refractivity contribution >= 4 is 5.97 Å². The van der Waals surface area contributed by atoms with Gasteiger partial charge in [0.25, 0.3) is 0 Å². The smallest absolute Gasteiger partial charge is 0.320 e. The molecule has 0 unspecified atom stereocenters. The van der Waals surface area contributed by atoms with Crippen molar-refractivity contribution in [3.8, 4) is 0 Å². The van der Waals surface area contributed by atoms with Gasteiger partial charge < -0.3 is 31.3 Å². The van der Waals surface area contributed by atoms with Gasteiger partial charge >= 0.3 is 5.97 Å². The van der Waals surface area contributed by atoms with E-state index in [-0.39, 0.29) is 25.9 Å². The molecule has 0 amide bonds. The largest absolute Gasteiger partial charge is 0.480 e. The average molecular weight is 279 g/mol. The van der Waals surface area contributed by atoms with Gasteiger partial charge in [-0.25, -0.2) is 0 Å². The van der Waals surface area contributed by atoms with E-state index in [2.05, 4.69) is 0 Å². The first-order chi connectivity index (χ1) is 8.86. The van der Waals surface area contributed by atoms with Crippen LogP contribution in [-0.2, 0) is 4.79 Å².